The molecule has 5 nitrogen and oxygen atoms in total. The van der Waals surface area contributed by atoms with Crippen molar-refractivity contribution in [3.63, 3.8) is 0 Å². The highest BCUT2D eigenvalue weighted by molar-refractivity contribution is 5.70. The van der Waals surface area contributed by atoms with Crippen molar-refractivity contribution in [2.45, 2.75) is 97.2 Å². The Balaban J connectivity index is 1.58. The van der Waals surface area contributed by atoms with E-state index < -0.39 is 5.97 Å². The fourth-order valence-electron chi connectivity index (χ4n) is 8.20. The van der Waals surface area contributed by atoms with Crippen molar-refractivity contribution in [3.05, 3.63) is 0 Å². The third kappa shape index (κ3) is 3.51. The van der Waals surface area contributed by atoms with Crippen LogP contribution in [0, 0.1) is 40.4 Å². The summed E-state index contributed by atoms with van der Waals surface area (Å²) in [5.74, 6) is 1.54. The van der Waals surface area contributed by atoms with Gasteiger partial charge in [-0.05, 0) is 80.0 Å². The summed E-state index contributed by atoms with van der Waals surface area (Å²) in [7, 11) is 0. The molecule has 0 aromatic heterocycles. The van der Waals surface area contributed by atoms with Crippen molar-refractivity contribution < 1.29 is 24.5 Å². The molecule has 1 saturated heterocycles. The van der Waals surface area contributed by atoms with Crippen LogP contribution < -0.4 is 0 Å². The molecule has 4 aliphatic rings. The van der Waals surface area contributed by atoms with Gasteiger partial charge in [0.2, 0.25) is 0 Å². The smallest absolute Gasteiger partial charge is 0.306 e. The molecule has 2 N–H and O–H groups in total. The van der Waals surface area contributed by atoms with Crippen molar-refractivity contribution in [1.29, 1.82) is 0 Å². The van der Waals surface area contributed by atoms with Crippen molar-refractivity contribution >= 4 is 11.9 Å². The lowest BCUT2D eigenvalue weighted by atomic mass is 9.49. The van der Waals surface area contributed by atoms with Crippen molar-refractivity contribution in [1.82, 2.24) is 0 Å². The second kappa shape index (κ2) is 7.55. The first-order valence-corrected chi connectivity index (χ1v) is 11.7. The topological polar surface area (TPSA) is 83.8 Å². The summed E-state index contributed by atoms with van der Waals surface area (Å²) in [6, 6.07) is 0. The number of hydrogen-bond donors (Lipinski definition) is 2. The van der Waals surface area contributed by atoms with E-state index in [0.717, 1.165) is 38.5 Å². The predicted molar refractivity (Wildman–Crippen MR) is 109 cm³/mol. The number of aliphatic hydroxyl groups is 1. The zero-order valence-corrected chi connectivity index (χ0v) is 18.2. The van der Waals surface area contributed by atoms with Gasteiger partial charge in [-0.3, -0.25) is 9.59 Å². The molecule has 3 saturated carbocycles. The first-order valence-electron chi connectivity index (χ1n) is 11.7. The zero-order chi connectivity index (χ0) is 21.0. The summed E-state index contributed by atoms with van der Waals surface area (Å²) < 4.78 is 5.94. The molecule has 3 aliphatic carbocycles. The number of ether oxygens (including phenoxy) is 1. The minimum absolute atomic E-state index is 0.0234. The summed E-state index contributed by atoms with van der Waals surface area (Å²) in [4.78, 5) is 23.8. The van der Waals surface area contributed by atoms with Crippen LogP contribution in [-0.2, 0) is 14.3 Å². The van der Waals surface area contributed by atoms with Gasteiger partial charge >= 0.3 is 11.9 Å². The normalized spacial score (nSPS) is 47.9. The molecule has 0 bridgehead atoms. The number of rotatable bonds is 4. The van der Waals surface area contributed by atoms with E-state index in [1.165, 1.54) is 6.42 Å². The maximum absolute atomic E-state index is 12.8. The monoisotopic (exact) mass is 406 g/mol. The van der Waals surface area contributed by atoms with Crippen LogP contribution in [0.15, 0.2) is 0 Å². The molecular weight excluding hydrogens is 368 g/mol. The first kappa shape index (κ1) is 21.1. The Morgan fingerprint density at radius 3 is 2.55 bits per heavy atom. The first-order chi connectivity index (χ1) is 13.6. The van der Waals surface area contributed by atoms with E-state index >= 15 is 0 Å². The minimum atomic E-state index is -0.703. The lowest BCUT2D eigenvalue weighted by Gasteiger charge is -2.55. The van der Waals surface area contributed by atoms with Gasteiger partial charge in [0, 0.05) is 24.7 Å². The van der Waals surface area contributed by atoms with Crippen LogP contribution in [0.3, 0.4) is 0 Å². The van der Waals surface area contributed by atoms with Gasteiger partial charge in [-0.2, -0.15) is 0 Å². The van der Waals surface area contributed by atoms with E-state index in [9.17, 15) is 14.7 Å². The van der Waals surface area contributed by atoms with Crippen LogP contribution in [0.1, 0.15) is 85.0 Å². The van der Waals surface area contributed by atoms with E-state index in [-0.39, 0.29) is 35.4 Å². The summed E-state index contributed by atoms with van der Waals surface area (Å²) >= 11 is 0. The average Bonchev–Trinajstić information content (AvgIpc) is 2.95. The fraction of sp³-hybridized carbons (Fsp3) is 0.917. The number of fused-ring (bicyclic) bond motifs is 5. The molecule has 4 rings (SSSR count). The largest absolute Gasteiger partial charge is 0.481 e. The second-order valence-electron chi connectivity index (χ2n) is 11.1. The number of hydrogen-bond acceptors (Lipinski definition) is 4. The SMILES string of the molecule is C[C@H](CCC(=O)O)[C@H]1CC[C@H]2[C@@H]3CC(=O)O[C@H]4C[C@H](O)CC[C@]4(C)[C@H]3CC[C@]12C. The maximum atomic E-state index is 12.8. The van der Waals surface area contributed by atoms with Crippen LogP contribution in [0.25, 0.3) is 0 Å². The van der Waals surface area contributed by atoms with Gasteiger partial charge in [0.25, 0.3) is 0 Å². The number of carboxylic acid groups (broad SMARTS) is 1. The number of aliphatic carboxylic acids is 1. The standard InChI is InChI=1S/C24H38O5/c1-14(4-7-21(26)27)17-5-6-18-16-13-22(28)29-20-12-15(25)8-10-24(20,3)19(16)9-11-23(17,18)2/h14-20,25H,4-13H2,1-3H3,(H,26,27)/t14-,15-,16+,17-,18+,19+,20+,23-,24-/m1/s1. The molecule has 1 heterocycles. The van der Waals surface area contributed by atoms with Crippen LogP contribution in [0.4, 0.5) is 0 Å². The summed E-state index contributed by atoms with van der Waals surface area (Å²) in [6.07, 6.45) is 7.94. The van der Waals surface area contributed by atoms with E-state index in [0.29, 0.717) is 42.4 Å². The van der Waals surface area contributed by atoms with E-state index in [2.05, 4.69) is 20.8 Å². The van der Waals surface area contributed by atoms with Crippen molar-refractivity contribution in [2.75, 3.05) is 0 Å². The Morgan fingerprint density at radius 1 is 1.14 bits per heavy atom. The molecule has 5 heteroatoms. The fourth-order valence-corrected chi connectivity index (χ4v) is 8.20. The predicted octanol–water partition coefficient (Wildman–Crippen LogP) is 4.41. The highest BCUT2D eigenvalue weighted by atomic mass is 16.5. The highest BCUT2D eigenvalue weighted by Crippen LogP contribution is 2.66. The zero-order valence-electron chi connectivity index (χ0n) is 18.2. The molecule has 9 atom stereocenters. The molecule has 1 aliphatic heterocycles. The Kier molecular flexibility index (Phi) is 5.50. The number of aliphatic hydroxyl groups excluding tert-OH is 1. The highest BCUT2D eigenvalue weighted by Gasteiger charge is 2.61. The number of carbonyl (C=O) groups is 2. The quantitative estimate of drug-likeness (QED) is 0.676. The van der Waals surface area contributed by atoms with Gasteiger partial charge in [-0.1, -0.05) is 20.8 Å². The molecule has 0 spiro atoms. The molecule has 29 heavy (non-hydrogen) atoms. The van der Waals surface area contributed by atoms with Gasteiger partial charge in [-0.25, -0.2) is 0 Å². The van der Waals surface area contributed by atoms with Crippen LogP contribution >= 0.6 is 0 Å². The summed E-state index contributed by atoms with van der Waals surface area (Å²) in [5.41, 5.74) is 0.175. The van der Waals surface area contributed by atoms with Crippen molar-refractivity contribution in [3.8, 4) is 0 Å². The van der Waals surface area contributed by atoms with Gasteiger partial charge in [0.1, 0.15) is 6.10 Å². The number of carbonyl (C=O) groups excluding carboxylic acids is 1. The Bertz CT molecular complexity index is 662. The van der Waals surface area contributed by atoms with Gasteiger partial charge in [0.15, 0.2) is 0 Å². The lowest BCUT2D eigenvalue weighted by Crippen LogP contribution is -2.52. The molecule has 0 amide bonds. The minimum Gasteiger partial charge on any atom is -0.481 e. The molecule has 164 valence electrons. The second-order valence-corrected chi connectivity index (χ2v) is 11.1. The van der Waals surface area contributed by atoms with Gasteiger partial charge in [-0.15, -0.1) is 0 Å². The Hall–Kier alpha value is -1.10. The van der Waals surface area contributed by atoms with E-state index in [1.807, 2.05) is 0 Å². The molecule has 0 aromatic rings. The number of esters is 1. The molecule has 4 fully saturated rings. The maximum Gasteiger partial charge on any atom is 0.306 e. The average molecular weight is 407 g/mol. The van der Waals surface area contributed by atoms with Crippen LogP contribution in [0.5, 0.6) is 0 Å². The molecule has 0 aromatic carbocycles. The Morgan fingerprint density at radius 2 is 1.83 bits per heavy atom. The van der Waals surface area contributed by atoms with Crippen LogP contribution in [0.2, 0.25) is 0 Å². The lowest BCUT2D eigenvalue weighted by molar-refractivity contribution is -0.162. The molecule has 0 unspecified atom stereocenters. The van der Waals surface area contributed by atoms with E-state index in [1.54, 1.807) is 0 Å². The van der Waals surface area contributed by atoms with E-state index in [4.69, 9.17) is 9.84 Å². The van der Waals surface area contributed by atoms with Gasteiger partial charge in [0.05, 0.1) is 6.10 Å². The molecule has 0 radical (unpaired) electrons. The third-order valence-electron chi connectivity index (χ3n) is 9.77. The van der Waals surface area contributed by atoms with Crippen LogP contribution in [-0.4, -0.2) is 34.4 Å². The van der Waals surface area contributed by atoms with Gasteiger partial charge < -0.3 is 14.9 Å². The van der Waals surface area contributed by atoms with Crippen molar-refractivity contribution in [2.24, 2.45) is 40.4 Å². The molecular formula is C24H38O5. The number of carboxylic acids is 1. The third-order valence-corrected chi connectivity index (χ3v) is 9.77. The summed E-state index contributed by atoms with van der Waals surface area (Å²) in [6.45, 7) is 6.96. The Labute approximate surface area is 174 Å². The summed E-state index contributed by atoms with van der Waals surface area (Å²) in [5, 5.41) is 19.3.